The third kappa shape index (κ3) is 3.42. The van der Waals surface area contributed by atoms with Crippen LogP contribution in [0.25, 0.3) is 0 Å². The second kappa shape index (κ2) is 6.97. The highest BCUT2D eigenvalue weighted by molar-refractivity contribution is 7.15. The number of aromatic nitrogens is 1. The van der Waals surface area contributed by atoms with Gasteiger partial charge in [-0.15, -0.1) is 11.3 Å². The average Bonchev–Trinajstić information content (AvgIpc) is 2.73. The number of hydrogen-bond acceptors (Lipinski definition) is 4. The van der Waals surface area contributed by atoms with Gasteiger partial charge in [-0.25, -0.2) is 4.98 Å². The molecule has 0 spiro atoms. The van der Waals surface area contributed by atoms with E-state index in [4.69, 9.17) is 4.98 Å². The Kier molecular flexibility index (Phi) is 5.92. The second-order valence-corrected chi connectivity index (χ2v) is 5.36. The Morgan fingerprint density at radius 3 is 2.53 bits per heavy atom. The van der Waals surface area contributed by atoms with Crippen LogP contribution in [0.3, 0.4) is 0 Å². The van der Waals surface area contributed by atoms with Gasteiger partial charge in [0, 0.05) is 24.0 Å². The summed E-state index contributed by atoms with van der Waals surface area (Å²) in [4.78, 5) is 8.58. The largest absolute Gasteiger partial charge is 0.346 e. The minimum atomic E-state index is 0.568. The number of thiazole rings is 1. The first-order chi connectivity index (χ1) is 8.17. The van der Waals surface area contributed by atoms with Crippen molar-refractivity contribution in [1.82, 2.24) is 10.3 Å². The quantitative estimate of drug-likeness (QED) is 0.811. The zero-order chi connectivity index (χ0) is 12.8. The van der Waals surface area contributed by atoms with Crippen LogP contribution in [0.5, 0.6) is 0 Å². The van der Waals surface area contributed by atoms with Gasteiger partial charge in [-0.05, 0) is 33.7 Å². The summed E-state index contributed by atoms with van der Waals surface area (Å²) >= 11 is 1.84. The molecule has 98 valence electrons. The fourth-order valence-electron chi connectivity index (χ4n) is 1.92. The standard InChI is InChI=1S/C13H25N3S/c1-6-10(4)16(8-3)13-15-11(7-2)12(17-13)9-14-5/h10,14H,6-9H2,1-5H3. The number of aryl methyl sites for hydroxylation is 1. The van der Waals surface area contributed by atoms with Crippen LogP contribution in [0.2, 0.25) is 0 Å². The summed E-state index contributed by atoms with van der Waals surface area (Å²) in [6.07, 6.45) is 2.18. The van der Waals surface area contributed by atoms with Gasteiger partial charge in [-0.2, -0.15) is 0 Å². The number of anilines is 1. The fourth-order valence-corrected chi connectivity index (χ4v) is 3.25. The first kappa shape index (κ1) is 14.5. The summed E-state index contributed by atoms with van der Waals surface area (Å²) in [5.41, 5.74) is 1.25. The molecule has 1 N–H and O–H groups in total. The second-order valence-electron chi connectivity index (χ2n) is 4.29. The van der Waals surface area contributed by atoms with Crippen LogP contribution in [-0.4, -0.2) is 24.6 Å². The Morgan fingerprint density at radius 1 is 1.35 bits per heavy atom. The third-order valence-corrected chi connectivity index (χ3v) is 4.28. The highest BCUT2D eigenvalue weighted by Crippen LogP contribution is 2.28. The highest BCUT2D eigenvalue weighted by atomic mass is 32.1. The number of hydrogen-bond donors (Lipinski definition) is 1. The lowest BCUT2D eigenvalue weighted by molar-refractivity contribution is 0.627. The molecular formula is C13H25N3S. The maximum Gasteiger partial charge on any atom is 0.186 e. The maximum absolute atomic E-state index is 4.79. The zero-order valence-corrected chi connectivity index (χ0v) is 12.5. The molecule has 1 aromatic heterocycles. The van der Waals surface area contributed by atoms with Gasteiger partial charge in [0.15, 0.2) is 5.13 Å². The van der Waals surface area contributed by atoms with E-state index in [2.05, 4.69) is 37.9 Å². The van der Waals surface area contributed by atoms with E-state index in [-0.39, 0.29) is 0 Å². The SMILES string of the molecule is CCc1nc(N(CC)C(C)CC)sc1CNC. The van der Waals surface area contributed by atoms with Gasteiger partial charge in [-0.3, -0.25) is 0 Å². The molecule has 17 heavy (non-hydrogen) atoms. The van der Waals surface area contributed by atoms with Gasteiger partial charge >= 0.3 is 0 Å². The summed E-state index contributed by atoms with van der Waals surface area (Å²) in [7, 11) is 1.99. The lowest BCUT2D eigenvalue weighted by Gasteiger charge is -2.26. The first-order valence-electron chi connectivity index (χ1n) is 6.57. The third-order valence-electron chi connectivity index (χ3n) is 3.15. The minimum Gasteiger partial charge on any atom is -0.346 e. The summed E-state index contributed by atoms with van der Waals surface area (Å²) in [5.74, 6) is 0. The Labute approximate surface area is 109 Å². The van der Waals surface area contributed by atoms with Crippen molar-refractivity contribution in [2.24, 2.45) is 0 Å². The molecule has 4 heteroatoms. The predicted octanol–water partition coefficient (Wildman–Crippen LogP) is 3.05. The number of nitrogens with zero attached hydrogens (tertiary/aromatic N) is 2. The van der Waals surface area contributed by atoms with Crippen LogP contribution >= 0.6 is 11.3 Å². The Bertz CT molecular complexity index is 335. The molecule has 1 rings (SSSR count). The molecule has 0 saturated carbocycles. The summed E-state index contributed by atoms with van der Waals surface area (Å²) in [6, 6.07) is 0.568. The van der Waals surface area contributed by atoms with Crippen molar-refractivity contribution in [2.45, 2.75) is 53.1 Å². The lowest BCUT2D eigenvalue weighted by Crippen LogP contribution is -2.32. The Morgan fingerprint density at radius 2 is 2.06 bits per heavy atom. The molecule has 1 unspecified atom stereocenters. The first-order valence-corrected chi connectivity index (χ1v) is 7.39. The molecule has 1 heterocycles. The summed E-state index contributed by atoms with van der Waals surface area (Å²) in [5, 5.41) is 4.41. The Balaban J connectivity index is 2.96. The molecule has 0 saturated heterocycles. The topological polar surface area (TPSA) is 28.2 Å². The van der Waals surface area contributed by atoms with Crippen LogP contribution in [0.15, 0.2) is 0 Å². The van der Waals surface area contributed by atoms with Crippen LogP contribution in [-0.2, 0) is 13.0 Å². The smallest absolute Gasteiger partial charge is 0.186 e. The summed E-state index contributed by atoms with van der Waals surface area (Å²) < 4.78 is 0. The molecule has 0 bridgehead atoms. The number of rotatable bonds is 7. The van der Waals surface area contributed by atoms with Crippen molar-refractivity contribution in [2.75, 3.05) is 18.5 Å². The molecule has 0 radical (unpaired) electrons. The van der Waals surface area contributed by atoms with Gasteiger partial charge in [0.1, 0.15) is 0 Å². The van der Waals surface area contributed by atoms with Crippen molar-refractivity contribution in [3.05, 3.63) is 10.6 Å². The molecule has 0 aromatic carbocycles. The van der Waals surface area contributed by atoms with Crippen molar-refractivity contribution in [3.63, 3.8) is 0 Å². The molecular weight excluding hydrogens is 230 g/mol. The van der Waals surface area contributed by atoms with Gasteiger partial charge in [0.2, 0.25) is 0 Å². The average molecular weight is 255 g/mol. The van der Waals surface area contributed by atoms with Crippen LogP contribution < -0.4 is 10.2 Å². The zero-order valence-electron chi connectivity index (χ0n) is 11.7. The minimum absolute atomic E-state index is 0.568. The van der Waals surface area contributed by atoms with E-state index < -0.39 is 0 Å². The van der Waals surface area contributed by atoms with E-state index in [0.29, 0.717) is 6.04 Å². The van der Waals surface area contributed by atoms with Gasteiger partial charge in [0.05, 0.1) is 5.69 Å². The Hall–Kier alpha value is -0.610. The van der Waals surface area contributed by atoms with E-state index in [1.54, 1.807) is 0 Å². The van der Waals surface area contributed by atoms with Crippen LogP contribution in [0.1, 0.15) is 44.7 Å². The van der Waals surface area contributed by atoms with E-state index in [1.807, 2.05) is 18.4 Å². The van der Waals surface area contributed by atoms with E-state index in [1.165, 1.54) is 15.7 Å². The molecule has 1 aromatic rings. The van der Waals surface area contributed by atoms with Gasteiger partial charge in [0.25, 0.3) is 0 Å². The van der Waals surface area contributed by atoms with Crippen molar-refractivity contribution in [3.8, 4) is 0 Å². The fraction of sp³-hybridized carbons (Fsp3) is 0.769. The summed E-state index contributed by atoms with van der Waals surface area (Å²) in [6.45, 7) is 10.8. The maximum atomic E-state index is 4.79. The van der Waals surface area contributed by atoms with E-state index in [0.717, 1.165) is 25.9 Å². The molecule has 0 amide bonds. The molecule has 0 aliphatic heterocycles. The van der Waals surface area contributed by atoms with Crippen molar-refractivity contribution in [1.29, 1.82) is 0 Å². The molecule has 0 aliphatic rings. The molecule has 1 atom stereocenters. The van der Waals surface area contributed by atoms with E-state index >= 15 is 0 Å². The monoisotopic (exact) mass is 255 g/mol. The van der Waals surface area contributed by atoms with Crippen LogP contribution in [0, 0.1) is 0 Å². The van der Waals surface area contributed by atoms with Crippen LogP contribution in [0.4, 0.5) is 5.13 Å². The van der Waals surface area contributed by atoms with Gasteiger partial charge < -0.3 is 10.2 Å². The normalized spacial score (nSPS) is 12.8. The molecule has 3 nitrogen and oxygen atoms in total. The lowest BCUT2D eigenvalue weighted by atomic mass is 10.2. The van der Waals surface area contributed by atoms with Crippen molar-refractivity contribution >= 4 is 16.5 Å². The van der Waals surface area contributed by atoms with E-state index in [9.17, 15) is 0 Å². The van der Waals surface area contributed by atoms with Crippen molar-refractivity contribution < 1.29 is 0 Å². The predicted molar refractivity (Wildman–Crippen MR) is 77.0 cm³/mol. The molecule has 0 fully saturated rings. The highest BCUT2D eigenvalue weighted by Gasteiger charge is 2.17. The molecule has 0 aliphatic carbocycles. The number of nitrogens with one attached hydrogen (secondary N) is 1. The van der Waals surface area contributed by atoms with Gasteiger partial charge in [-0.1, -0.05) is 13.8 Å².